The van der Waals surface area contributed by atoms with Crippen LogP contribution in [0.2, 0.25) is 0 Å². The third kappa shape index (κ3) is 2.90. The van der Waals surface area contributed by atoms with Crippen molar-refractivity contribution in [2.75, 3.05) is 19.8 Å². The average molecular weight is 279 g/mol. The number of nitrogens with one attached hydrogen (secondary N) is 1. The minimum absolute atomic E-state index is 0.0676. The summed E-state index contributed by atoms with van der Waals surface area (Å²) >= 11 is 0. The van der Waals surface area contributed by atoms with Crippen molar-refractivity contribution < 1.29 is 9.47 Å². The lowest BCUT2D eigenvalue weighted by molar-refractivity contribution is -0.140. The molecular weight excluding hydrogens is 254 g/mol. The van der Waals surface area contributed by atoms with Crippen molar-refractivity contribution in [2.24, 2.45) is 7.05 Å². The molecule has 5 heteroatoms. The van der Waals surface area contributed by atoms with Crippen LogP contribution in [0.25, 0.3) is 0 Å². The van der Waals surface area contributed by atoms with E-state index in [1.807, 2.05) is 17.9 Å². The van der Waals surface area contributed by atoms with Gasteiger partial charge < -0.3 is 14.8 Å². The van der Waals surface area contributed by atoms with E-state index < -0.39 is 0 Å². The van der Waals surface area contributed by atoms with Crippen molar-refractivity contribution in [3.63, 3.8) is 0 Å². The lowest BCUT2D eigenvalue weighted by Crippen LogP contribution is -2.49. The zero-order chi connectivity index (χ0) is 14.0. The van der Waals surface area contributed by atoms with Gasteiger partial charge in [0.1, 0.15) is 0 Å². The SMILES string of the molecule is Cc1c(CNC2CCOC3(CCOCC3)C2)cnn1C. The second-order valence-electron chi connectivity index (χ2n) is 6.09. The number of aryl methyl sites for hydroxylation is 1. The standard InChI is InChI=1S/C15H25N3O2/c1-12-13(11-17-18(12)2)10-16-14-3-6-20-15(9-14)4-7-19-8-5-15/h11,14,16H,3-10H2,1-2H3. The highest BCUT2D eigenvalue weighted by Gasteiger charge is 2.38. The van der Waals surface area contributed by atoms with Gasteiger partial charge in [-0.15, -0.1) is 0 Å². The highest BCUT2D eigenvalue weighted by Crippen LogP contribution is 2.34. The Morgan fingerprint density at radius 2 is 2.20 bits per heavy atom. The van der Waals surface area contributed by atoms with Gasteiger partial charge in [-0.3, -0.25) is 4.68 Å². The van der Waals surface area contributed by atoms with Crippen molar-refractivity contribution in [3.8, 4) is 0 Å². The average Bonchev–Trinajstić information content (AvgIpc) is 2.78. The summed E-state index contributed by atoms with van der Waals surface area (Å²) in [5.74, 6) is 0. The Bertz CT molecular complexity index is 446. The number of nitrogens with zero attached hydrogens (tertiary/aromatic N) is 2. The van der Waals surface area contributed by atoms with Crippen LogP contribution in [0.3, 0.4) is 0 Å². The predicted molar refractivity (Wildman–Crippen MR) is 76.5 cm³/mol. The molecule has 2 saturated heterocycles. The summed E-state index contributed by atoms with van der Waals surface area (Å²) in [4.78, 5) is 0. The summed E-state index contributed by atoms with van der Waals surface area (Å²) in [6, 6.07) is 0.543. The first kappa shape index (κ1) is 14.0. The van der Waals surface area contributed by atoms with E-state index in [1.54, 1.807) is 0 Å². The van der Waals surface area contributed by atoms with E-state index in [2.05, 4.69) is 17.3 Å². The van der Waals surface area contributed by atoms with Crippen LogP contribution in [0.15, 0.2) is 6.20 Å². The molecule has 0 radical (unpaired) electrons. The summed E-state index contributed by atoms with van der Waals surface area (Å²) in [6.45, 7) is 5.57. The first-order chi connectivity index (χ1) is 9.69. The Hall–Kier alpha value is -0.910. The molecule has 1 spiro atoms. The molecule has 0 aromatic carbocycles. The topological polar surface area (TPSA) is 48.3 Å². The van der Waals surface area contributed by atoms with Gasteiger partial charge in [0, 0.05) is 50.7 Å². The molecule has 2 fully saturated rings. The van der Waals surface area contributed by atoms with Crippen molar-refractivity contribution in [2.45, 2.75) is 50.8 Å². The van der Waals surface area contributed by atoms with Crippen LogP contribution in [0, 0.1) is 6.92 Å². The molecule has 1 unspecified atom stereocenters. The Balaban J connectivity index is 1.56. The number of aromatic nitrogens is 2. The summed E-state index contributed by atoms with van der Waals surface area (Å²) in [5, 5.41) is 7.99. The second-order valence-corrected chi connectivity index (χ2v) is 6.09. The van der Waals surface area contributed by atoms with Gasteiger partial charge in [-0.2, -0.15) is 5.10 Å². The molecule has 1 aromatic rings. The molecule has 0 aliphatic carbocycles. The number of hydrogen-bond acceptors (Lipinski definition) is 4. The van der Waals surface area contributed by atoms with Crippen LogP contribution in [-0.4, -0.2) is 41.2 Å². The Morgan fingerprint density at radius 3 is 2.90 bits per heavy atom. The maximum atomic E-state index is 6.08. The fourth-order valence-electron chi connectivity index (χ4n) is 3.27. The van der Waals surface area contributed by atoms with Crippen molar-refractivity contribution in [1.82, 2.24) is 15.1 Å². The molecule has 1 aromatic heterocycles. The van der Waals surface area contributed by atoms with Gasteiger partial charge in [0.2, 0.25) is 0 Å². The molecule has 3 heterocycles. The molecule has 2 aliphatic rings. The highest BCUT2D eigenvalue weighted by atomic mass is 16.5. The zero-order valence-electron chi connectivity index (χ0n) is 12.5. The maximum absolute atomic E-state index is 6.08. The molecule has 112 valence electrons. The van der Waals surface area contributed by atoms with Crippen molar-refractivity contribution in [3.05, 3.63) is 17.5 Å². The number of rotatable bonds is 3. The van der Waals surface area contributed by atoms with Gasteiger partial charge in [0.25, 0.3) is 0 Å². The van der Waals surface area contributed by atoms with Gasteiger partial charge in [0.15, 0.2) is 0 Å². The molecule has 20 heavy (non-hydrogen) atoms. The molecular formula is C15H25N3O2. The van der Waals surface area contributed by atoms with E-state index in [0.717, 1.165) is 52.0 Å². The largest absolute Gasteiger partial charge is 0.381 e. The Kier molecular flexibility index (Phi) is 4.10. The van der Waals surface area contributed by atoms with Gasteiger partial charge in [-0.25, -0.2) is 0 Å². The normalized spacial score (nSPS) is 26.0. The smallest absolute Gasteiger partial charge is 0.0741 e. The van der Waals surface area contributed by atoms with Gasteiger partial charge in [-0.1, -0.05) is 0 Å². The highest BCUT2D eigenvalue weighted by molar-refractivity contribution is 5.15. The Labute approximate surface area is 120 Å². The van der Waals surface area contributed by atoms with Crippen LogP contribution in [0.1, 0.15) is 36.9 Å². The fraction of sp³-hybridized carbons (Fsp3) is 0.800. The summed E-state index contributed by atoms with van der Waals surface area (Å²) in [7, 11) is 1.99. The maximum Gasteiger partial charge on any atom is 0.0741 e. The van der Waals surface area contributed by atoms with Crippen LogP contribution >= 0.6 is 0 Å². The minimum Gasteiger partial charge on any atom is -0.381 e. The van der Waals surface area contributed by atoms with E-state index in [4.69, 9.17) is 9.47 Å². The molecule has 1 N–H and O–H groups in total. The fourth-order valence-corrected chi connectivity index (χ4v) is 3.27. The summed E-state index contributed by atoms with van der Waals surface area (Å²) < 4.78 is 13.5. The molecule has 0 saturated carbocycles. The third-order valence-electron chi connectivity index (χ3n) is 4.82. The first-order valence-electron chi connectivity index (χ1n) is 7.61. The predicted octanol–water partition coefficient (Wildman–Crippen LogP) is 1.55. The number of hydrogen-bond donors (Lipinski definition) is 1. The van der Waals surface area contributed by atoms with Crippen molar-refractivity contribution in [1.29, 1.82) is 0 Å². The van der Waals surface area contributed by atoms with E-state index >= 15 is 0 Å². The minimum atomic E-state index is 0.0676. The summed E-state index contributed by atoms with van der Waals surface area (Å²) in [5.41, 5.74) is 2.60. The van der Waals surface area contributed by atoms with Crippen LogP contribution in [0.5, 0.6) is 0 Å². The van der Waals surface area contributed by atoms with E-state index in [9.17, 15) is 0 Å². The van der Waals surface area contributed by atoms with E-state index in [0.29, 0.717) is 6.04 Å². The lowest BCUT2D eigenvalue weighted by atomic mass is 9.84. The monoisotopic (exact) mass is 279 g/mol. The summed E-state index contributed by atoms with van der Waals surface area (Å²) in [6.07, 6.45) is 6.25. The molecule has 3 rings (SSSR count). The zero-order valence-corrected chi connectivity index (χ0v) is 12.5. The Morgan fingerprint density at radius 1 is 1.40 bits per heavy atom. The van der Waals surface area contributed by atoms with Gasteiger partial charge in [0.05, 0.1) is 11.8 Å². The second kappa shape index (κ2) is 5.84. The molecule has 0 amide bonds. The molecule has 2 aliphatic heterocycles. The molecule has 0 bridgehead atoms. The van der Waals surface area contributed by atoms with Gasteiger partial charge in [-0.05, 0) is 32.6 Å². The quantitative estimate of drug-likeness (QED) is 0.912. The van der Waals surface area contributed by atoms with E-state index in [-0.39, 0.29) is 5.60 Å². The van der Waals surface area contributed by atoms with E-state index in [1.165, 1.54) is 11.3 Å². The third-order valence-corrected chi connectivity index (χ3v) is 4.82. The lowest BCUT2D eigenvalue weighted by Gasteiger charge is -2.43. The first-order valence-corrected chi connectivity index (χ1v) is 7.61. The van der Waals surface area contributed by atoms with Gasteiger partial charge >= 0.3 is 0 Å². The van der Waals surface area contributed by atoms with Crippen LogP contribution in [-0.2, 0) is 23.1 Å². The van der Waals surface area contributed by atoms with Crippen LogP contribution < -0.4 is 5.32 Å². The molecule has 1 atom stereocenters. The number of ether oxygens (including phenoxy) is 2. The molecule has 5 nitrogen and oxygen atoms in total. The van der Waals surface area contributed by atoms with Crippen LogP contribution in [0.4, 0.5) is 0 Å². The van der Waals surface area contributed by atoms with Crippen molar-refractivity contribution >= 4 is 0 Å².